The Labute approximate surface area is 136 Å². The van der Waals surface area contributed by atoms with E-state index in [1.807, 2.05) is 37.3 Å². The Kier molecular flexibility index (Phi) is 4.89. The van der Waals surface area contributed by atoms with Gasteiger partial charge in [0.25, 0.3) is 0 Å². The van der Waals surface area contributed by atoms with Crippen molar-refractivity contribution in [3.8, 4) is 5.75 Å². The normalized spacial score (nSPS) is 13.8. The molecule has 4 heteroatoms. The van der Waals surface area contributed by atoms with Gasteiger partial charge in [-0.2, -0.15) is 0 Å². The third kappa shape index (κ3) is 3.43. The summed E-state index contributed by atoms with van der Waals surface area (Å²) in [4.78, 5) is 0. The van der Waals surface area contributed by atoms with Crippen LogP contribution in [0.3, 0.4) is 0 Å². The fourth-order valence-electron chi connectivity index (χ4n) is 2.30. The first-order valence-corrected chi connectivity index (χ1v) is 7.89. The summed E-state index contributed by atoms with van der Waals surface area (Å²) in [5.41, 5.74) is 8.24. The van der Waals surface area contributed by atoms with Crippen molar-refractivity contribution in [2.24, 2.45) is 5.73 Å². The Morgan fingerprint density at radius 1 is 1.15 bits per heavy atom. The number of hydrogen-bond donors (Lipinski definition) is 1. The smallest absolute Gasteiger partial charge is 0.122 e. The maximum atomic E-state index is 6.54. The zero-order valence-corrected chi connectivity index (χ0v) is 14.7. The monoisotopic (exact) mass is 397 g/mol. The van der Waals surface area contributed by atoms with Crippen LogP contribution >= 0.6 is 31.9 Å². The van der Waals surface area contributed by atoms with Gasteiger partial charge in [0, 0.05) is 14.5 Å². The van der Waals surface area contributed by atoms with Gasteiger partial charge in [-0.1, -0.05) is 50.1 Å². The predicted molar refractivity (Wildman–Crippen MR) is 90.1 cm³/mol. The number of ether oxygens (including phenoxy) is 1. The van der Waals surface area contributed by atoms with E-state index in [4.69, 9.17) is 10.5 Å². The predicted octanol–water partition coefficient (Wildman–Crippen LogP) is 4.64. The summed E-state index contributed by atoms with van der Waals surface area (Å²) in [6, 6.07) is 14.0. The molecule has 0 saturated carbocycles. The van der Waals surface area contributed by atoms with Gasteiger partial charge in [0.05, 0.1) is 7.11 Å². The van der Waals surface area contributed by atoms with E-state index in [9.17, 15) is 0 Å². The van der Waals surface area contributed by atoms with Crippen molar-refractivity contribution in [2.45, 2.75) is 18.9 Å². The second-order valence-electron chi connectivity index (χ2n) is 5.03. The van der Waals surface area contributed by atoms with E-state index < -0.39 is 5.54 Å². The molecule has 0 aromatic heterocycles. The van der Waals surface area contributed by atoms with Gasteiger partial charge in [-0.15, -0.1) is 0 Å². The summed E-state index contributed by atoms with van der Waals surface area (Å²) in [5.74, 6) is 0.858. The Hall–Kier alpha value is -0.840. The molecule has 2 rings (SSSR count). The minimum absolute atomic E-state index is 0.478. The molecule has 0 saturated heterocycles. The van der Waals surface area contributed by atoms with Gasteiger partial charge >= 0.3 is 0 Å². The fraction of sp³-hybridized carbons (Fsp3) is 0.250. The Bertz CT molecular complexity index is 611. The van der Waals surface area contributed by atoms with Crippen molar-refractivity contribution in [1.82, 2.24) is 0 Å². The Morgan fingerprint density at radius 2 is 1.85 bits per heavy atom. The molecule has 0 aliphatic carbocycles. The molecule has 2 nitrogen and oxygen atoms in total. The number of halogens is 2. The van der Waals surface area contributed by atoms with Gasteiger partial charge in [0.15, 0.2) is 0 Å². The number of hydrogen-bond acceptors (Lipinski definition) is 2. The van der Waals surface area contributed by atoms with Gasteiger partial charge in [-0.25, -0.2) is 0 Å². The molecule has 0 radical (unpaired) electrons. The molecule has 0 bridgehead atoms. The highest BCUT2D eigenvalue weighted by Crippen LogP contribution is 2.33. The average molecular weight is 399 g/mol. The molecule has 1 unspecified atom stereocenters. The summed E-state index contributed by atoms with van der Waals surface area (Å²) >= 11 is 7.07. The quantitative estimate of drug-likeness (QED) is 0.814. The topological polar surface area (TPSA) is 35.2 Å². The van der Waals surface area contributed by atoms with E-state index in [-0.39, 0.29) is 0 Å². The number of nitrogens with two attached hydrogens (primary N) is 1. The van der Waals surface area contributed by atoms with Crippen molar-refractivity contribution in [2.75, 3.05) is 7.11 Å². The number of benzene rings is 2. The lowest BCUT2D eigenvalue weighted by atomic mass is 9.86. The largest absolute Gasteiger partial charge is 0.496 e. The van der Waals surface area contributed by atoms with E-state index in [1.165, 1.54) is 0 Å². The van der Waals surface area contributed by atoms with Crippen LogP contribution in [0, 0.1) is 0 Å². The highest BCUT2D eigenvalue weighted by Gasteiger charge is 2.25. The molecular weight excluding hydrogens is 382 g/mol. The van der Waals surface area contributed by atoms with Crippen molar-refractivity contribution in [3.05, 3.63) is 62.5 Å². The van der Waals surface area contributed by atoms with Crippen molar-refractivity contribution in [1.29, 1.82) is 0 Å². The second kappa shape index (κ2) is 6.29. The van der Waals surface area contributed by atoms with Gasteiger partial charge in [0.2, 0.25) is 0 Å². The lowest BCUT2D eigenvalue weighted by molar-refractivity contribution is 0.399. The lowest BCUT2D eigenvalue weighted by Crippen LogP contribution is -2.36. The molecule has 0 heterocycles. The standard InChI is InChI=1S/C16H17Br2NO/c1-16(19,13-5-3-4-6-14(13)18)10-11-9-12(17)7-8-15(11)20-2/h3-9H,10,19H2,1-2H3. The van der Waals surface area contributed by atoms with E-state index in [2.05, 4.69) is 44.0 Å². The first-order chi connectivity index (χ1) is 9.44. The third-order valence-corrected chi connectivity index (χ3v) is 4.47. The van der Waals surface area contributed by atoms with E-state index in [0.717, 1.165) is 25.8 Å². The molecule has 1 atom stereocenters. The molecule has 0 aliphatic heterocycles. The molecule has 2 aromatic rings. The number of methoxy groups -OCH3 is 1. The van der Waals surface area contributed by atoms with E-state index in [1.54, 1.807) is 7.11 Å². The zero-order chi connectivity index (χ0) is 14.8. The molecule has 0 aliphatic rings. The van der Waals surface area contributed by atoms with Gasteiger partial charge in [-0.3, -0.25) is 0 Å². The maximum absolute atomic E-state index is 6.54. The van der Waals surface area contributed by atoms with Gasteiger partial charge in [0.1, 0.15) is 5.75 Å². The summed E-state index contributed by atoms with van der Waals surface area (Å²) in [6.07, 6.45) is 0.693. The molecular formula is C16H17Br2NO. The number of rotatable bonds is 4. The molecule has 0 amide bonds. The fourth-order valence-corrected chi connectivity index (χ4v) is 3.45. The van der Waals surface area contributed by atoms with Crippen LogP contribution < -0.4 is 10.5 Å². The first kappa shape index (κ1) is 15.5. The highest BCUT2D eigenvalue weighted by molar-refractivity contribution is 9.10. The van der Waals surface area contributed by atoms with Crippen LogP contribution in [-0.4, -0.2) is 7.11 Å². The van der Waals surface area contributed by atoms with Crippen LogP contribution in [0.25, 0.3) is 0 Å². The van der Waals surface area contributed by atoms with Crippen molar-refractivity contribution in [3.63, 3.8) is 0 Å². The summed E-state index contributed by atoms with van der Waals surface area (Å²) in [5, 5.41) is 0. The van der Waals surface area contributed by atoms with Crippen LogP contribution in [0.1, 0.15) is 18.1 Å². The zero-order valence-electron chi connectivity index (χ0n) is 11.5. The van der Waals surface area contributed by atoms with Crippen molar-refractivity contribution >= 4 is 31.9 Å². The highest BCUT2D eigenvalue weighted by atomic mass is 79.9. The third-order valence-electron chi connectivity index (χ3n) is 3.29. The van der Waals surface area contributed by atoms with Gasteiger partial charge in [-0.05, 0) is 48.7 Å². The van der Waals surface area contributed by atoms with E-state index in [0.29, 0.717) is 6.42 Å². The Morgan fingerprint density at radius 3 is 2.50 bits per heavy atom. The van der Waals surface area contributed by atoms with Crippen LogP contribution in [0.15, 0.2) is 51.4 Å². The molecule has 106 valence electrons. The molecule has 2 aromatic carbocycles. The minimum atomic E-state index is -0.478. The average Bonchev–Trinajstić information content (AvgIpc) is 2.39. The minimum Gasteiger partial charge on any atom is -0.496 e. The molecule has 0 spiro atoms. The summed E-state index contributed by atoms with van der Waals surface area (Å²) in [7, 11) is 1.68. The SMILES string of the molecule is COc1ccc(Br)cc1CC(C)(N)c1ccccc1Br. The van der Waals surface area contributed by atoms with Crippen LogP contribution in [0.5, 0.6) is 5.75 Å². The van der Waals surface area contributed by atoms with Crippen molar-refractivity contribution < 1.29 is 4.74 Å². The maximum Gasteiger partial charge on any atom is 0.122 e. The molecule has 20 heavy (non-hydrogen) atoms. The Balaban J connectivity index is 2.38. The van der Waals surface area contributed by atoms with Crippen LogP contribution in [-0.2, 0) is 12.0 Å². The lowest BCUT2D eigenvalue weighted by Gasteiger charge is -2.27. The second-order valence-corrected chi connectivity index (χ2v) is 6.80. The van der Waals surface area contributed by atoms with E-state index >= 15 is 0 Å². The first-order valence-electron chi connectivity index (χ1n) is 6.30. The molecule has 2 N–H and O–H groups in total. The molecule has 0 fully saturated rings. The summed E-state index contributed by atoms with van der Waals surface area (Å²) in [6.45, 7) is 2.04. The van der Waals surface area contributed by atoms with Crippen LogP contribution in [0.4, 0.5) is 0 Å². The summed E-state index contributed by atoms with van der Waals surface area (Å²) < 4.78 is 7.48. The van der Waals surface area contributed by atoms with Gasteiger partial charge < -0.3 is 10.5 Å². The van der Waals surface area contributed by atoms with Crippen LogP contribution in [0.2, 0.25) is 0 Å².